The van der Waals surface area contributed by atoms with E-state index >= 15 is 0 Å². The molecule has 0 bridgehead atoms. The number of ether oxygens (including phenoxy) is 1. The van der Waals surface area contributed by atoms with Crippen LogP contribution in [-0.2, 0) is 19.5 Å². The minimum Gasteiger partial charge on any atom is -0.496 e. The monoisotopic (exact) mass is 346 g/mol. The molecule has 0 radical (unpaired) electrons. The third-order valence-electron chi connectivity index (χ3n) is 4.82. The van der Waals surface area contributed by atoms with Crippen LogP contribution >= 0.6 is 0 Å². The summed E-state index contributed by atoms with van der Waals surface area (Å²) in [6, 6.07) is 28.1. The second-order valence-corrected chi connectivity index (χ2v) is 6.88. The van der Waals surface area contributed by atoms with Crippen LogP contribution in [-0.4, -0.2) is 13.7 Å². The Balaban J connectivity index is 1.72. The average molecular weight is 346 g/mol. The van der Waals surface area contributed by atoms with Gasteiger partial charge in [-0.3, -0.25) is 0 Å². The molecule has 3 aromatic carbocycles. The van der Waals surface area contributed by atoms with Crippen LogP contribution in [0.3, 0.4) is 0 Å². The lowest BCUT2D eigenvalue weighted by atomic mass is 10.1. The highest BCUT2D eigenvalue weighted by Crippen LogP contribution is 2.18. The minimum absolute atomic E-state index is 0.961. The van der Waals surface area contributed by atoms with Crippen LogP contribution < -0.4 is 9.64 Å². The molecule has 0 aliphatic carbocycles. The molecule has 0 aromatic heterocycles. The summed E-state index contributed by atoms with van der Waals surface area (Å²) in [5.74, 6) is 0.961. The summed E-state index contributed by atoms with van der Waals surface area (Å²) in [7, 11) is 1.73. The maximum absolute atomic E-state index is 5.40. The van der Waals surface area contributed by atoms with Crippen molar-refractivity contribution in [1.82, 2.24) is 0 Å². The van der Waals surface area contributed by atoms with Gasteiger partial charge in [0.1, 0.15) is 18.8 Å². The smallest absolute Gasteiger partial charge is 0.121 e. The van der Waals surface area contributed by atoms with E-state index in [2.05, 4.69) is 85.8 Å². The second-order valence-electron chi connectivity index (χ2n) is 6.88. The fourth-order valence-corrected chi connectivity index (χ4v) is 3.43. The number of quaternary nitrogens is 1. The van der Waals surface area contributed by atoms with Crippen LogP contribution in [0.5, 0.6) is 5.75 Å². The van der Waals surface area contributed by atoms with Gasteiger partial charge in [0.2, 0.25) is 0 Å². The zero-order valence-electron chi connectivity index (χ0n) is 15.7. The average Bonchev–Trinajstić information content (AvgIpc) is 2.68. The maximum Gasteiger partial charge on any atom is 0.121 e. The Kier molecular flexibility index (Phi) is 6.45. The van der Waals surface area contributed by atoms with E-state index in [-0.39, 0.29) is 0 Å². The predicted octanol–water partition coefficient (Wildman–Crippen LogP) is 3.83. The van der Waals surface area contributed by atoms with E-state index in [1.807, 2.05) is 0 Å². The lowest BCUT2D eigenvalue weighted by Crippen LogP contribution is -3.09. The molecule has 134 valence electrons. The lowest BCUT2D eigenvalue weighted by molar-refractivity contribution is -0.927. The van der Waals surface area contributed by atoms with Crippen molar-refractivity contribution >= 4 is 0 Å². The van der Waals surface area contributed by atoms with Crippen molar-refractivity contribution in [3.8, 4) is 5.75 Å². The van der Waals surface area contributed by atoms with E-state index in [0.717, 1.165) is 31.8 Å². The molecule has 1 atom stereocenters. The van der Waals surface area contributed by atoms with Gasteiger partial charge in [-0.2, -0.15) is 0 Å². The predicted molar refractivity (Wildman–Crippen MR) is 108 cm³/mol. The Morgan fingerprint density at radius 1 is 0.731 bits per heavy atom. The summed E-state index contributed by atoms with van der Waals surface area (Å²) in [5.41, 5.74) is 5.36. The summed E-state index contributed by atoms with van der Waals surface area (Å²) in [6.45, 7) is 5.29. The molecule has 1 N–H and O–H groups in total. The van der Waals surface area contributed by atoms with E-state index in [4.69, 9.17) is 4.74 Å². The van der Waals surface area contributed by atoms with Gasteiger partial charge in [-0.1, -0.05) is 60.7 Å². The van der Waals surface area contributed by atoms with Gasteiger partial charge in [0, 0.05) is 17.5 Å². The summed E-state index contributed by atoms with van der Waals surface area (Å²) >= 11 is 0. The molecule has 0 saturated carbocycles. The summed E-state index contributed by atoms with van der Waals surface area (Å²) < 4.78 is 5.40. The van der Waals surface area contributed by atoms with Crippen LogP contribution in [0.1, 0.15) is 22.3 Å². The molecule has 2 heteroatoms. The number of hydrogen-bond donors (Lipinski definition) is 1. The second kappa shape index (κ2) is 9.21. The first kappa shape index (κ1) is 18.2. The number of rotatable bonds is 8. The normalized spacial score (nSPS) is 11.9. The lowest BCUT2D eigenvalue weighted by Gasteiger charge is -2.20. The molecule has 3 aromatic rings. The van der Waals surface area contributed by atoms with E-state index in [1.165, 1.54) is 22.3 Å². The van der Waals surface area contributed by atoms with Crippen molar-refractivity contribution in [2.24, 2.45) is 0 Å². The van der Waals surface area contributed by atoms with Crippen molar-refractivity contribution in [2.45, 2.75) is 26.4 Å². The first-order chi connectivity index (χ1) is 12.7. The SMILES string of the molecule is COc1ccc(C[NH+](CCc2ccccc2)Cc2ccccc2)cc1C. The fourth-order valence-electron chi connectivity index (χ4n) is 3.43. The Morgan fingerprint density at radius 2 is 1.35 bits per heavy atom. The first-order valence-electron chi connectivity index (χ1n) is 9.29. The van der Waals surface area contributed by atoms with Crippen LogP contribution in [0, 0.1) is 6.92 Å². The van der Waals surface area contributed by atoms with Crippen molar-refractivity contribution in [2.75, 3.05) is 13.7 Å². The maximum atomic E-state index is 5.40. The van der Waals surface area contributed by atoms with Crippen molar-refractivity contribution in [3.05, 3.63) is 101 Å². The molecule has 0 spiro atoms. The molecular formula is C24H28NO+. The van der Waals surface area contributed by atoms with Crippen LogP contribution in [0.15, 0.2) is 78.9 Å². The van der Waals surface area contributed by atoms with Crippen LogP contribution in [0.2, 0.25) is 0 Å². The Hall–Kier alpha value is -2.58. The summed E-state index contributed by atoms with van der Waals surface area (Å²) in [4.78, 5) is 1.57. The zero-order valence-corrected chi connectivity index (χ0v) is 15.7. The number of hydrogen-bond acceptors (Lipinski definition) is 1. The molecule has 0 heterocycles. The van der Waals surface area contributed by atoms with Crippen LogP contribution in [0.25, 0.3) is 0 Å². The Labute approximate surface area is 157 Å². The molecule has 0 saturated heterocycles. The zero-order chi connectivity index (χ0) is 18.2. The highest BCUT2D eigenvalue weighted by molar-refractivity contribution is 5.35. The van der Waals surface area contributed by atoms with E-state index < -0.39 is 0 Å². The third-order valence-corrected chi connectivity index (χ3v) is 4.82. The summed E-state index contributed by atoms with van der Waals surface area (Å²) in [5, 5.41) is 0. The number of benzene rings is 3. The molecular weight excluding hydrogens is 318 g/mol. The molecule has 2 nitrogen and oxygen atoms in total. The van der Waals surface area contributed by atoms with Gasteiger partial charge in [-0.25, -0.2) is 0 Å². The largest absolute Gasteiger partial charge is 0.496 e. The molecule has 0 amide bonds. The van der Waals surface area contributed by atoms with Gasteiger partial charge < -0.3 is 9.64 Å². The first-order valence-corrected chi connectivity index (χ1v) is 9.29. The van der Waals surface area contributed by atoms with Crippen molar-refractivity contribution in [3.63, 3.8) is 0 Å². The topological polar surface area (TPSA) is 13.7 Å². The quantitative estimate of drug-likeness (QED) is 0.654. The van der Waals surface area contributed by atoms with Gasteiger partial charge in [0.25, 0.3) is 0 Å². The molecule has 0 aliphatic rings. The molecule has 1 unspecified atom stereocenters. The van der Waals surface area contributed by atoms with Crippen LogP contribution in [0.4, 0.5) is 0 Å². The fraction of sp³-hybridized carbons (Fsp3) is 0.250. The van der Waals surface area contributed by atoms with Gasteiger partial charge in [0.15, 0.2) is 0 Å². The number of aryl methyl sites for hydroxylation is 1. The van der Waals surface area contributed by atoms with E-state index in [0.29, 0.717) is 0 Å². The van der Waals surface area contributed by atoms with Crippen molar-refractivity contribution in [1.29, 1.82) is 0 Å². The van der Waals surface area contributed by atoms with Crippen molar-refractivity contribution < 1.29 is 9.64 Å². The summed E-state index contributed by atoms with van der Waals surface area (Å²) in [6.07, 6.45) is 1.10. The number of methoxy groups -OCH3 is 1. The minimum atomic E-state index is 0.961. The highest BCUT2D eigenvalue weighted by atomic mass is 16.5. The highest BCUT2D eigenvalue weighted by Gasteiger charge is 2.12. The van der Waals surface area contributed by atoms with Gasteiger partial charge in [0.05, 0.1) is 13.7 Å². The molecule has 3 rings (SSSR count). The molecule has 0 aliphatic heterocycles. The Morgan fingerprint density at radius 3 is 1.96 bits per heavy atom. The standard InChI is InChI=1S/C24H27NO/c1-20-17-23(13-14-24(20)26-2)19-25(18-22-11-7-4-8-12-22)16-15-21-9-5-3-6-10-21/h3-14,17H,15-16,18-19H2,1-2H3/p+1. The number of nitrogens with one attached hydrogen (secondary N) is 1. The van der Waals surface area contributed by atoms with Gasteiger partial charge >= 0.3 is 0 Å². The van der Waals surface area contributed by atoms with E-state index in [1.54, 1.807) is 12.0 Å². The van der Waals surface area contributed by atoms with E-state index in [9.17, 15) is 0 Å². The van der Waals surface area contributed by atoms with Gasteiger partial charge in [-0.05, 0) is 36.2 Å². The third kappa shape index (κ3) is 5.21. The molecule has 26 heavy (non-hydrogen) atoms. The Bertz CT molecular complexity index is 799. The van der Waals surface area contributed by atoms with Gasteiger partial charge in [-0.15, -0.1) is 0 Å². The molecule has 0 fully saturated rings.